The fourth-order valence-electron chi connectivity index (χ4n) is 2.69. The number of halogens is 1. The van der Waals surface area contributed by atoms with Gasteiger partial charge in [-0.15, -0.1) is 0 Å². The summed E-state index contributed by atoms with van der Waals surface area (Å²) in [4.78, 5) is 39.4. The number of esters is 1. The van der Waals surface area contributed by atoms with Gasteiger partial charge in [-0.25, -0.2) is 0 Å². The number of rotatable bonds is 4. The van der Waals surface area contributed by atoms with Gasteiger partial charge in [-0.3, -0.25) is 19.7 Å². The molecule has 1 amide bonds. The number of nitrogens with zero attached hydrogens (tertiary/aromatic N) is 3. The maximum atomic E-state index is 12.7. The van der Waals surface area contributed by atoms with Gasteiger partial charge in [-0.2, -0.15) is 4.99 Å². The number of aryl methyl sites for hydroxylation is 2. The lowest BCUT2D eigenvalue weighted by Crippen LogP contribution is -2.22. The molecule has 10 heteroatoms. The van der Waals surface area contributed by atoms with Crippen LogP contribution in [-0.2, 0) is 16.1 Å². The molecule has 0 unspecified atom stereocenters. The average molecular weight is 434 g/mol. The molecule has 150 valence electrons. The molecule has 1 heterocycles. The summed E-state index contributed by atoms with van der Waals surface area (Å²) in [6.45, 7) is 3.78. The first kappa shape index (κ1) is 20.7. The molecule has 2 aromatic carbocycles. The number of methoxy groups -OCH3 is 1. The first-order valence-electron chi connectivity index (χ1n) is 8.41. The van der Waals surface area contributed by atoms with Crippen molar-refractivity contribution < 1.29 is 19.2 Å². The smallest absolute Gasteiger partial charge is 0.325 e. The minimum absolute atomic E-state index is 0.0525. The van der Waals surface area contributed by atoms with E-state index in [2.05, 4.69) is 4.99 Å². The minimum Gasteiger partial charge on any atom is -0.468 e. The highest BCUT2D eigenvalue weighted by Crippen LogP contribution is 2.24. The number of hydrogen-bond acceptors (Lipinski definition) is 6. The summed E-state index contributed by atoms with van der Waals surface area (Å²) in [5, 5.41) is 11.1. The zero-order valence-electron chi connectivity index (χ0n) is 15.8. The summed E-state index contributed by atoms with van der Waals surface area (Å²) in [6.07, 6.45) is 0. The van der Waals surface area contributed by atoms with Crippen molar-refractivity contribution in [2.75, 3.05) is 7.11 Å². The Morgan fingerprint density at radius 3 is 2.59 bits per heavy atom. The monoisotopic (exact) mass is 433 g/mol. The lowest BCUT2D eigenvalue weighted by molar-refractivity contribution is -0.384. The normalized spacial score (nSPS) is 11.7. The quantitative estimate of drug-likeness (QED) is 0.353. The zero-order chi connectivity index (χ0) is 21.3. The van der Waals surface area contributed by atoms with Crippen molar-refractivity contribution in [3.05, 3.63) is 67.0 Å². The van der Waals surface area contributed by atoms with Crippen LogP contribution in [-0.4, -0.2) is 28.5 Å². The number of amides is 1. The number of carbonyl (C=O) groups is 2. The predicted molar refractivity (Wildman–Crippen MR) is 109 cm³/mol. The van der Waals surface area contributed by atoms with Crippen LogP contribution in [0, 0.1) is 24.0 Å². The predicted octanol–water partition coefficient (Wildman–Crippen LogP) is 3.80. The second-order valence-corrected chi connectivity index (χ2v) is 7.71. The third-order valence-corrected chi connectivity index (χ3v) is 5.77. The molecule has 0 aliphatic rings. The second kappa shape index (κ2) is 8.14. The molecule has 8 nitrogen and oxygen atoms in total. The van der Waals surface area contributed by atoms with Gasteiger partial charge in [0.15, 0.2) is 4.80 Å². The minimum atomic E-state index is -0.739. The molecular formula is C19H16ClN3O5S. The van der Waals surface area contributed by atoms with E-state index in [9.17, 15) is 19.7 Å². The van der Waals surface area contributed by atoms with E-state index < -0.39 is 16.8 Å². The number of non-ortho nitro benzene ring substituents is 1. The van der Waals surface area contributed by atoms with Crippen molar-refractivity contribution in [1.82, 2.24) is 4.57 Å². The first-order chi connectivity index (χ1) is 13.7. The van der Waals surface area contributed by atoms with Crippen LogP contribution in [0.3, 0.4) is 0 Å². The van der Waals surface area contributed by atoms with E-state index in [4.69, 9.17) is 16.3 Å². The number of nitro benzene ring substituents is 1. The zero-order valence-corrected chi connectivity index (χ0v) is 17.3. The highest BCUT2D eigenvalue weighted by molar-refractivity contribution is 7.16. The number of aromatic nitrogens is 1. The van der Waals surface area contributed by atoms with Crippen LogP contribution in [0.15, 0.2) is 35.3 Å². The first-order valence-corrected chi connectivity index (χ1v) is 9.61. The molecule has 0 atom stereocenters. The van der Waals surface area contributed by atoms with E-state index in [-0.39, 0.29) is 27.6 Å². The number of thiazole rings is 1. The lowest BCUT2D eigenvalue weighted by Gasteiger charge is -2.05. The van der Waals surface area contributed by atoms with Gasteiger partial charge in [0.25, 0.3) is 11.6 Å². The number of ether oxygens (including phenoxy) is 1. The molecule has 3 aromatic rings. The van der Waals surface area contributed by atoms with Gasteiger partial charge >= 0.3 is 5.97 Å². The highest BCUT2D eigenvalue weighted by Gasteiger charge is 2.17. The molecule has 0 saturated heterocycles. The highest BCUT2D eigenvalue weighted by atomic mass is 35.5. The van der Waals surface area contributed by atoms with Gasteiger partial charge in [-0.05, 0) is 43.2 Å². The molecule has 0 fully saturated rings. The third kappa shape index (κ3) is 4.20. The molecule has 0 radical (unpaired) electrons. The second-order valence-electron chi connectivity index (χ2n) is 6.29. The Kier molecular flexibility index (Phi) is 5.81. The van der Waals surface area contributed by atoms with Crippen LogP contribution >= 0.6 is 22.9 Å². The van der Waals surface area contributed by atoms with Crippen LogP contribution in [0.2, 0.25) is 5.02 Å². The standard InChI is InChI=1S/C19H16ClN3O5S/c1-10-6-15-16(7-11(10)2)29-19(22(15)9-17(24)28-3)21-18(25)13-8-12(23(26)27)4-5-14(13)20/h4-8H,9H2,1-3H3. The number of hydrogen-bond donors (Lipinski definition) is 0. The van der Waals surface area contributed by atoms with Crippen LogP contribution in [0.4, 0.5) is 5.69 Å². The molecule has 3 rings (SSSR count). The van der Waals surface area contributed by atoms with Crippen molar-refractivity contribution in [2.24, 2.45) is 4.99 Å². The van der Waals surface area contributed by atoms with Crippen LogP contribution < -0.4 is 4.80 Å². The molecular weight excluding hydrogens is 418 g/mol. The van der Waals surface area contributed by atoms with Crippen molar-refractivity contribution in [2.45, 2.75) is 20.4 Å². The molecule has 0 spiro atoms. The number of nitro groups is 1. The number of carbonyl (C=O) groups excluding carboxylic acids is 2. The Morgan fingerprint density at radius 2 is 1.93 bits per heavy atom. The largest absolute Gasteiger partial charge is 0.468 e. The molecule has 0 bridgehead atoms. The molecule has 0 aliphatic heterocycles. The molecule has 1 aromatic heterocycles. The van der Waals surface area contributed by atoms with E-state index in [1.54, 1.807) is 4.57 Å². The topological polar surface area (TPSA) is 104 Å². The summed E-state index contributed by atoms with van der Waals surface area (Å²) in [5.74, 6) is -1.23. The van der Waals surface area contributed by atoms with Crippen LogP contribution in [0.5, 0.6) is 0 Å². The van der Waals surface area contributed by atoms with Gasteiger partial charge in [0.1, 0.15) is 6.54 Å². The van der Waals surface area contributed by atoms with Gasteiger partial charge in [-0.1, -0.05) is 22.9 Å². The number of benzene rings is 2. The fourth-order valence-corrected chi connectivity index (χ4v) is 4.00. The van der Waals surface area contributed by atoms with E-state index in [0.717, 1.165) is 27.4 Å². The summed E-state index contributed by atoms with van der Waals surface area (Å²) >= 11 is 7.28. The van der Waals surface area contributed by atoms with Crippen LogP contribution in [0.1, 0.15) is 21.5 Å². The van der Waals surface area contributed by atoms with Gasteiger partial charge in [0, 0.05) is 12.1 Å². The van der Waals surface area contributed by atoms with Gasteiger partial charge < -0.3 is 9.30 Å². The lowest BCUT2D eigenvalue weighted by atomic mass is 10.1. The Hall–Kier alpha value is -3.04. The van der Waals surface area contributed by atoms with E-state index in [1.807, 2.05) is 26.0 Å². The summed E-state index contributed by atoms with van der Waals surface area (Å²) in [6, 6.07) is 7.44. The molecule has 0 aliphatic carbocycles. The summed E-state index contributed by atoms with van der Waals surface area (Å²) in [5.41, 5.74) is 2.46. The third-order valence-electron chi connectivity index (χ3n) is 4.40. The molecule has 29 heavy (non-hydrogen) atoms. The fraction of sp³-hybridized carbons (Fsp3) is 0.211. The van der Waals surface area contributed by atoms with Gasteiger partial charge in [0.2, 0.25) is 0 Å². The van der Waals surface area contributed by atoms with Crippen molar-refractivity contribution in [3.63, 3.8) is 0 Å². The number of fused-ring (bicyclic) bond motifs is 1. The van der Waals surface area contributed by atoms with Crippen LogP contribution in [0.25, 0.3) is 10.2 Å². The Bertz CT molecular complexity index is 1230. The SMILES string of the molecule is COC(=O)Cn1c(=NC(=O)c2cc([N+](=O)[O-])ccc2Cl)sc2cc(C)c(C)cc21. The van der Waals surface area contributed by atoms with Crippen molar-refractivity contribution in [1.29, 1.82) is 0 Å². The Balaban J connectivity index is 2.20. The van der Waals surface area contributed by atoms with Crippen molar-refractivity contribution in [3.8, 4) is 0 Å². The van der Waals surface area contributed by atoms with E-state index in [0.29, 0.717) is 0 Å². The van der Waals surface area contributed by atoms with Crippen molar-refractivity contribution >= 4 is 50.7 Å². The van der Waals surface area contributed by atoms with Gasteiger partial charge in [0.05, 0.1) is 32.8 Å². The molecule has 0 saturated carbocycles. The van der Waals surface area contributed by atoms with E-state index >= 15 is 0 Å². The molecule has 0 N–H and O–H groups in total. The maximum Gasteiger partial charge on any atom is 0.325 e. The Labute approximate surface area is 174 Å². The van der Waals surface area contributed by atoms with E-state index in [1.165, 1.54) is 30.6 Å². The maximum absolute atomic E-state index is 12.7. The summed E-state index contributed by atoms with van der Waals surface area (Å²) < 4.78 is 7.18. The summed E-state index contributed by atoms with van der Waals surface area (Å²) in [7, 11) is 1.28. The Morgan fingerprint density at radius 1 is 1.24 bits per heavy atom. The average Bonchev–Trinajstić information content (AvgIpc) is 2.98.